The lowest BCUT2D eigenvalue weighted by Crippen LogP contribution is -2.49. The third kappa shape index (κ3) is 6.21. The Hall–Kier alpha value is -3.17. The molecule has 0 radical (unpaired) electrons. The Morgan fingerprint density at radius 3 is 2.48 bits per heavy atom. The van der Waals surface area contributed by atoms with E-state index in [9.17, 15) is 19.1 Å². The minimum Gasteiger partial charge on any atom is -0.488 e. The SMILES string of the molecule is C[C@H](CO)N1C[C@H](C)[C@H](CN(C)C)Oc2ccc(NC(=O)Nc3ccc(F)cc3)cc2C1=O. The minimum atomic E-state index is -0.527. The molecule has 1 aliphatic heterocycles. The lowest BCUT2D eigenvalue weighted by atomic mass is 9.99. The van der Waals surface area contributed by atoms with Gasteiger partial charge in [-0.15, -0.1) is 0 Å². The van der Waals surface area contributed by atoms with Crippen molar-refractivity contribution < 1.29 is 23.8 Å². The smallest absolute Gasteiger partial charge is 0.323 e. The fourth-order valence-electron chi connectivity index (χ4n) is 3.70. The van der Waals surface area contributed by atoms with Crippen LogP contribution >= 0.6 is 0 Å². The summed E-state index contributed by atoms with van der Waals surface area (Å²) < 4.78 is 19.3. The largest absolute Gasteiger partial charge is 0.488 e. The molecule has 2 aromatic rings. The van der Waals surface area contributed by atoms with Gasteiger partial charge in [0, 0.05) is 30.4 Å². The summed E-state index contributed by atoms with van der Waals surface area (Å²) in [6.07, 6.45) is -0.166. The van der Waals surface area contributed by atoms with Gasteiger partial charge < -0.3 is 30.3 Å². The van der Waals surface area contributed by atoms with Gasteiger partial charge in [0.15, 0.2) is 0 Å². The van der Waals surface area contributed by atoms with Crippen molar-refractivity contribution in [2.45, 2.75) is 26.0 Å². The second-order valence-electron chi connectivity index (χ2n) is 8.68. The predicted molar refractivity (Wildman–Crippen MR) is 125 cm³/mol. The number of fused-ring (bicyclic) bond motifs is 1. The molecule has 0 saturated heterocycles. The number of hydrogen-bond acceptors (Lipinski definition) is 5. The minimum absolute atomic E-state index is 0.0396. The summed E-state index contributed by atoms with van der Waals surface area (Å²) in [5.74, 6) is -0.204. The molecule has 1 aliphatic rings. The third-order valence-corrected chi connectivity index (χ3v) is 5.57. The fraction of sp³-hybridized carbons (Fsp3) is 0.417. The molecule has 3 atom stereocenters. The molecule has 0 fully saturated rings. The molecule has 0 spiro atoms. The predicted octanol–water partition coefficient (Wildman–Crippen LogP) is 3.25. The van der Waals surface area contributed by atoms with E-state index in [-0.39, 0.29) is 30.6 Å². The van der Waals surface area contributed by atoms with Crippen LogP contribution in [0, 0.1) is 11.7 Å². The van der Waals surface area contributed by atoms with Gasteiger partial charge in [0.1, 0.15) is 17.7 Å². The quantitative estimate of drug-likeness (QED) is 0.618. The van der Waals surface area contributed by atoms with Crippen molar-refractivity contribution in [3.05, 3.63) is 53.8 Å². The number of hydrogen-bond donors (Lipinski definition) is 3. The first kappa shape index (κ1) is 24.5. The average molecular weight is 459 g/mol. The monoisotopic (exact) mass is 458 g/mol. The number of benzene rings is 2. The first-order valence-corrected chi connectivity index (χ1v) is 10.9. The van der Waals surface area contributed by atoms with E-state index in [1.807, 2.05) is 25.9 Å². The van der Waals surface area contributed by atoms with E-state index >= 15 is 0 Å². The van der Waals surface area contributed by atoms with Gasteiger partial charge in [0.2, 0.25) is 0 Å². The lowest BCUT2D eigenvalue weighted by molar-refractivity contribution is 0.0363. The molecule has 0 bridgehead atoms. The summed E-state index contributed by atoms with van der Waals surface area (Å²) in [6, 6.07) is 9.41. The highest BCUT2D eigenvalue weighted by Crippen LogP contribution is 2.30. The number of nitrogens with zero attached hydrogens (tertiary/aromatic N) is 2. The van der Waals surface area contributed by atoms with E-state index in [1.54, 1.807) is 30.0 Å². The number of amides is 3. The maximum Gasteiger partial charge on any atom is 0.323 e. The summed E-state index contributed by atoms with van der Waals surface area (Å²) in [7, 11) is 3.92. The summed E-state index contributed by atoms with van der Waals surface area (Å²) in [5, 5.41) is 15.0. The summed E-state index contributed by atoms with van der Waals surface area (Å²) in [4.78, 5) is 29.5. The number of urea groups is 1. The number of nitrogens with one attached hydrogen (secondary N) is 2. The molecular formula is C24H31FN4O4. The number of rotatable bonds is 6. The van der Waals surface area contributed by atoms with E-state index < -0.39 is 11.8 Å². The Labute approximate surface area is 193 Å². The molecule has 3 rings (SSSR count). The molecule has 0 saturated carbocycles. The second-order valence-corrected chi connectivity index (χ2v) is 8.68. The molecule has 1 heterocycles. The van der Waals surface area contributed by atoms with Gasteiger partial charge in [-0.1, -0.05) is 6.92 Å². The van der Waals surface area contributed by atoms with Crippen LogP contribution in [0.25, 0.3) is 0 Å². The maximum absolute atomic E-state index is 13.4. The van der Waals surface area contributed by atoms with Crippen molar-refractivity contribution in [2.24, 2.45) is 5.92 Å². The van der Waals surface area contributed by atoms with Crippen molar-refractivity contribution in [2.75, 3.05) is 44.4 Å². The normalized spacial score (nSPS) is 19.2. The molecule has 3 amide bonds. The van der Waals surface area contributed by atoms with Crippen molar-refractivity contribution >= 4 is 23.3 Å². The van der Waals surface area contributed by atoms with Gasteiger partial charge in [0.25, 0.3) is 5.91 Å². The van der Waals surface area contributed by atoms with Gasteiger partial charge in [-0.3, -0.25) is 4.79 Å². The molecule has 33 heavy (non-hydrogen) atoms. The number of likely N-dealkylation sites (N-methyl/N-ethyl adjacent to an activating group) is 1. The number of aliphatic hydroxyl groups excluding tert-OH is 1. The fourth-order valence-corrected chi connectivity index (χ4v) is 3.70. The standard InChI is InChI=1S/C24H31FN4O4/c1-15-12-29(16(2)14-30)23(31)20-11-19(9-10-21(20)33-22(15)13-28(3)4)27-24(32)26-18-7-5-17(25)6-8-18/h5-11,15-16,22,30H,12-14H2,1-4H3,(H2,26,27,32)/t15-,16+,22-/m0/s1. The van der Waals surface area contributed by atoms with E-state index in [2.05, 4.69) is 10.6 Å². The van der Waals surface area contributed by atoms with Crippen LogP contribution in [0.5, 0.6) is 5.75 Å². The van der Waals surface area contributed by atoms with Crippen molar-refractivity contribution in [1.82, 2.24) is 9.80 Å². The van der Waals surface area contributed by atoms with Gasteiger partial charge in [0.05, 0.1) is 18.2 Å². The molecule has 178 valence electrons. The Balaban J connectivity index is 1.87. The van der Waals surface area contributed by atoms with Crippen LogP contribution in [0.2, 0.25) is 0 Å². The van der Waals surface area contributed by atoms with Crippen molar-refractivity contribution in [3.63, 3.8) is 0 Å². The van der Waals surface area contributed by atoms with Gasteiger partial charge >= 0.3 is 6.03 Å². The molecule has 0 unspecified atom stereocenters. The van der Waals surface area contributed by atoms with Crippen LogP contribution in [-0.4, -0.2) is 72.8 Å². The number of ether oxygens (including phenoxy) is 1. The lowest BCUT2D eigenvalue weighted by Gasteiger charge is -2.37. The van der Waals surface area contributed by atoms with E-state index in [1.165, 1.54) is 24.3 Å². The van der Waals surface area contributed by atoms with E-state index in [4.69, 9.17) is 4.74 Å². The first-order chi connectivity index (χ1) is 15.7. The summed E-state index contributed by atoms with van der Waals surface area (Å²) in [5.41, 5.74) is 1.15. The van der Waals surface area contributed by atoms with Crippen molar-refractivity contribution in [3.8, 4) is 5.75 Å². The number of anilines is 2. The summed E-state index contributed by atoms with van der Waals surface area (Å²) >= 11 is 0. The summed E-state index contributed by atoms with van der Waals surface area (Å²) in [6.45, 7) is 4.76. The zero-order valence-electron chi connectivity index (χ0n) is 19.3. The Morgan fingerprint density at radius 2 is 1.85 bits per heavy atom. The van der Waals surface area contributed by atoms with E-state index in [0.29, 0.717) is 35.8 Å². The maximum atomic E-state index is 13.4. The molecule has 3 N–H and O–H groups in total. The third-order valence-electron chi connectivity index (χ3n) is 5.57. The molecule has 0 aliphatic carbocycles. The van der Waals surface area contributed by atoms with Crippen LogP contribution in [0.3, 0.4) is 0 Å². The van der Waals surface area contributed by atoms with Crippen LogP contribution < -0.4 is 15.4 Å². The topological polar surface area (TPSA) is 94.1 Å². The first-order valence-electron chi connectivity index (χ1n) is 10.9. The highest BCUT2D eigenvalue weighted by molar-refractivity contribution is 6.02. The molecular weight excluding hydrogens is 427 g/mol. The highest BCUT2D eigenvalue weighted by Gasteiger charge is 2.33. The van der Waals surface area contributed by atoms with Crippen LogP contribution in [-0.2, 0) is 0 Å². The zero-order valence-corrected chi connectivity index (χ0v) is 19.3. The van der Waals surface area contributed by atoms with Crippen LogP contribution in [0.15, 0.2) is 42.5 Å². The molecule has 0 aromatic heterocycles. The Kier molecular flexibility index (Phi) is 7.88. The number of carbonyl (C=O) groups excluding carboxylic acids is 2. The van der Waals surface area contributed by atoms with E-state index in [0.717, 1.165) is 0 Å². The van der Waals surface area contributed by atoms with Gasteiger partial charge in [-0.25, -0.2) is 9.18 Å². The van der Waals surface area contributed by atoms with Gasteiger partial charge in [-0.2, -0.15) is 0 Å². The number of carbonyl (C=O) groups is 2. The van der Waals surface area contributed by atoms with Crippen LogP contribution in [0.4, 0.5) is 20.6 Å². The van der Waals surface area contributed by atoms with Crippen LogP contribution in [0.1, 0.15) is 24.2 Å². The average Bonchev–Trinajstić information content (AvgIpc) is 2.77. The molecule has 9 heteroatoms. The number of halogens is 1. The molecule has 2 aromatic carbocycles. The molecule has 8 nitrogen and oxygen atoms in total. The zero-order chi connectivity index (χ0) is 24.1. The Morgan fingerprint density at radius 1 is 1.21 bits per heavy atom. The Bertz CT molecular complexity index is 983. The second kappa shape index (κ2) is 10.6. The number of aliphatic hydroxyl groups is 1. The van der Waals surface area contributed by atoms with Crippen molar-refractivity contribution in [1.29, 1.82) is 0 Å². The highest BCUT2D eigenvalue weighted by atomic mass is 19.1. The van der Waals surface area contributed by atoms with Gasteiger partial charge in [-0.05, 0) is 63.5 Å².